The number of ether oxygens (including phenoxy) is 1. The van der Waals surface area contributed by atoms with E-state index in [-0.39, 0.29) is 11.8 Å². The van der Waals surface area contributed by atoms with Gasteiger partial charge in [0.2, 0.25) is 0 Å². The molecular formula is C23H25N3O3. The highest BCUT2D eigenvalue weighted by Gasteiger charge is 2.20. The van der Waals surface area contributed by atoms with Gasteiger partial charge in [0, 0.05) is 29.7 Å². The van der Waals surface area contributed by atoms with Crippen LogP contribution in [0.3, 0.4) is 0 Å². The van der Waals surface area contributed by atoms with Gasteiger partial charge in [0.25, 0.3) is 11.8 Å². The number of carbonyl (C=O) groups is 2. The van der Waals surface area contributed by atoms with Crippen molar-refractivity contribution in [2.24, 2.45) is 0 Å². The molecule has 3 aromatic rings. The average Bonchev–Trinajstić information content (AvgIpc) is 3.05. The van der Waals surface area contributed by atoms with E-state index in [1.54, 1.807) is 47.8 Å². The second kappa shape index (κ2) is 8.65. The van der Waals surface area contributed by atoms with Gasteiger partial charge >= 0.3 is 0 Å². The minimum Gasteiger partial charge on any atom is -0.481 e. The number of hydrogen-bond donors (Lipinski definition) is 1. The second-order valence-corrected chi connectivity index (χ2v) is 6.91. The molecule has 0 saturated heterocycles. The van der Waals surface area contributed by atoms with Crippen molar-refractivity contribution in [3.05, 3.63) is 83.7 Å². The molecule has 1 N–H and O–H groups in total. The van der Waals surface area contributed by atoms with E-state index in [0.29, 0.717) is 11.3 Å². The van der Waals surface area contributed by atoms with E-state index >= 15 is 0 Å². The molecule has 0 saturated carbocycles. The molecule has 6 heteroatoms. The molecule has 0 spiro atoms. The van der Waals surface area contributed by atoms with Gasteiger partial charge in [0.15, 0.2) is 6.10 Å². The normalized spacial score (nSPS) is 11.6. The predicted molar refractivity (Wildman–Crippen MR) is 114 cm³/mol. The van der Waals surface area contributed by atoms with Crippen LogP contribution in [0.25, 0.3) is 0 Å². The Bertz CT molecular complexity index is 974. The van der Waals surface area contributed by atoms with Crippen LogP contribution in [0.4, 0.5) is 5.69 Å². The molecule has 0 aliphatic rings. The van der Waals surface area contributed by atoms with Crippen LogP contribution < -0.4 is 15.1 Å². The third kappa shape index (κ3) is 4.66. The van der Waals surface area contributed by atoms with Crippen LogP contribution in [-0.4, -0.2) is 29.6 Å². The topological polar surface area (TPSA) is 63.6 Å². The molecule has 0 bridgehead atoms. The molecular weight excluding hydrogens is 366 g/mol. The first-order valence-corrected chi connectivity index (χ1v) is 9.42. The first-order chi connectivity index (χ1) is 13.9. The van der Waals surface area contributed by atoms with Crippen LogP contribution >= 0.6 is 0 Å². The lowest BCUT2D eigenvalue weighted by molar-refractivity contribution is -0.124. The van der Waals surface area contributed by atoms with Crippen molar-refractivity contribution >= 4 is 17.5 Å². The standard InChI is InChI=1S/C23H25N3O3/c1-16-10-11-17(2)26(16)24-22(27)19-12-14-21(15-13-19)29-18(3)23(28)25(4)20-8-6-5-7-9-20/h5-15,18H,1-4H3,(H,24,27). The molecule has 1 unspecified atom stereocenters. The summed E-state index contributed by atoms with van der Waals surface area (Å²) in [5, 5.41) is 0. The van der Waals surface area contributed by atoms with Crippen LogP contribution in [0, 0.1) is 13.8 Å². The van der Waals surface area contributed by atoms with Gasteiger partial charge in [-0.1, -0.05) is 18.2 Å². The van der Waals surface area contributed by atoms with E-state index in [0.717, 1.165) is 17.1 Å². The lowest BCUT2D eigenvalue weighted by Crippen LogP contribution is -2.38. The fourth-order valence-electron chi connectivity index (χ4n) is 3.00. The van der Waals surface area contributed by atoms with Crippen molar-refractivity contribution in [3.63, 3.8) is 0 Å². The molecule has 150 valence electrons. The molecule has 1 atom stereocenters. The Morgan fingerprint density at radius 2 is 1.52 bits per heavy atom. The summed E-state index contributed by atoms with van der Waals surface area (Å²) < 4.78 is 7.51. The number of aromatic nitrogens is 1. The number of rotatable bonds is 6. The van der Waals surface area contributed by atoms with Crippen LogP contribution in [0.15, 0.2) is 66.7 Å². The average molecular weight is 391 g/mol. The number of benzene rings is 2. The van der Waals surface area contributed by atoms with E-state index in [1.807, 2.05) is 56.3 Å². The molecule has 0 aliphatic heterocycles. The molecule has 0 radical (unpaired) electrons. The van der Waals surface area contributed by atoms with E-state index in [9.17, 15) is 9.59 Å². The monoisotopic (exact) mass is 391 g/mol. The van der Waals surface area contributed by atoms with Crippen molar-refractivity contribution in [2.75, 3.05) is 17.4 Å². The molecule has 6 nitrogen and oxygen atoms in total. The number of likely N-dealkylation sites (N-methyl/N-ethyl adjacent to an activating group) is 1. The summed E-state index contributed by atoms with van der Waals surface area (Å²) in [6.07, 6.45) is -0.662. The first kappa shape index (κ1) is 20.2. The molecule has 2 amide bonds. The maximum atomic E-state index is 12.6. The van der Waals surface area contributed by atoms with E-state index in [4.69, 9.17) is 4.74 Å². The SMILES string of the molecule is Cc1ccc(C)n1NC(=O)c1ccc(OC(C)C(=O)N(C)c2ccccc2)cc1. The van der Waals surface area contributed by atoms with Crippen molar-refractivity contribution in [1.82, 2.24) is 4.68 Å². The van der Waals surface area contributed by atoms with Gasteiger partial charge in [-0.15, -0.1) is 0 Å². The highest BCUT2D eigenvalue weighted by Crippen LogP contribution is 2.17. The van der Waals surface area contributed by atoms with Crippen LogP contribution in [-0.2, 0) is 4.79 Å². The molecule has 3 rings (SSSR count). The number of anilines is 1. The van der Waals surface area contributed by atoms with Gasteiger partial charge in [0.05, 0.1) is 0 Å². The number of para-hydroxylation sites is 1. The van der Waals surface area contributed by atoms with Gasteiger partial charge < -0.3 is 9.64 Å². The Balaban J connectivity index is 1.62. The number of carbonyl (C=O) groups excluding carboxylic acids is 2. The zero-order valence-electron chi connectivity index (χ0n) is 17.0. The molecule has 1 aromatic heterocycles. The van der Waals surface area contributed by atoms with Crippen molar-refractivity contribution in [1.29, 1.82) is 0 Å². The van der Waals surface area contributed by atoms with Crippen LogP contribution in [0.2, 0.25) is 0 Å². The summed E-state index contributed by atoms with van der Waals surface area (Å²) in [6, 6.07) is 20.0. The summed E-state index contributed by atoms with van der Waals surface area (Å²) in [7, 11) is 1.72. The third-order valence-electron chi connectivity index (χ3n) is 4.74. The fraction of sp³-hybridized carbons (Fsp3) is 0.217. The largest absolute Gasteiger partial charge is 0.481 e. The van der Waals surface area contributed by atoms with Gasteiger partial charge in [0.1, 0.15) is 5.75 Å². The quantitative estimate of drug-likeness (QED) is 0.693. The van der Waals surface area contributed by atoms with Gasteiger partial charge in [-0.2, -0.15) is 0 Å². The van der Waals surface area contributed by atoms with Crippen molar-refractivity contribution < 1.29 is 14.3 Å². The highest BCUT2D eigenvalue weighted by molar-refractivity contribution is 6.00. The lowest BCUT2D eigenvalue weighted by Gasteiger charge is -2.22. The van der Waals surface area contributed by atoms with E-state index in [2.05, 4.69) is 5.43 Å². The Morgan fingerprint density at radius 3 is 2.10 bits per heavy atom. The Morgan fingerprint density at radius 1 is 0.931 bits per heavy atom. The summed E-state index contributed by atoms with van der Waals surface area (Å²) in [5.41, 5.74) is 6.07. The number of nitrogens with one attached hydrogen (secondary N) is 1. The molecule has 2 aromatic carbocycles. The summed E-state index contributed by atoms with van der Waals surface area (Å²) >= 11 is 0. The number of nitrogens with zero attached hydrogens (tertiary/aromatic N) is 2. The van der Waals surface area contributed by atoms with Gasteiger partial charge in [-0.25, -0.2) is 0 Å². The Labute approximate surface area is 170 Å². The minimum atomic E-state index is -0.662. The van der Waals surface area contributed by atoms with Crippen LogP contribution in [0.1, 0.15) is 28.7 Å². The number of hydrogen-bond acceptors (Lipinski definition) is 3. The molecule has 29 heavy (non-hydrogen) atoms. The second-order valence-electron chi connectivity index (χ2n) is 6.91. The van der Waals surface area contributed by atoms with Gasteiger partial charge in [-0.3, -0.25) is 19.7 Å². The summed E-state index contributed by atoms with van der Waals surface area (Å²) in [5.74, 6) is 0.153. The Hall–Kier alpha value is -3.54. The van der Waals surface area contributed by atoms with E-state index in [1.165, 1.54) is 0 Å². The molecule has 0 aliphatic carbocycles. The van der Waals surface area contributed by atoms with Crippen molar-refractivity contribution in [3.8, 4) is 5.75 Å². The third-order valence-corrected chi connectivity index (χ3v) is 4.74. The molecule has 0 fully saturated rings. The maximum absolute atomic E-state index is 12.6. The predicted octanol–water partition coefficient (Wildman–Crippen LogP) is 3.92. The van der Waals surface area contributed by atoms with E-state index < -0.39 is 6.10 Å². The Kier molecular flexibility index (Phi) is 6.02. The molecule has 1 heterocycles. The maximum Gasteiger partial charge on any atom is 0.270 e. The summed E-state index contributed by atoms with van der Waals surface area (Å²) in [4.78, 5) is 26.6. The minimum absolute atomic E-state index is 0.156. The summed E-state index contributed by atoms with van der Waals surface area (Å²) in [6.45, 7) is 5.56. The fourth-order valence-corrected chi connectivity index (χ4v) is 3.00. The van der Waals surface area contributed by atoms with Crippen LogP contribution in [0.5, 0.6) is 5.75 Å². The van der Waals surface area contributed by atoms with Crippen molar-refractivity contribution in [2.45, 2.75) is 26.9 Å². The smallest absolute Gasteiger partial charge is 0.270 e. The number of aryl methyl sites for hydroxylation is 2. The zero-order valence-corrected chi connectivity index (χ0v) is 17.0. The lowest BCUT2D eigenvalue weighted by atomic mass is 10.2. The highest BCUT2D eigenvalue weighted by atomic mass is 16.5. The first-order valence-electron chi connectivity index (χ1n) is 9.42. The van der Waals surface area contributed by atoms with Gasteiger partial charge in [-0.05, 0) is 69.3 Å². The zero-order chi connectivity index (χ0) is 21.0. The number of amides is 2.